The Morgan fingerprint density at radius 3 is 2.36 bits per heavy atom. The van der Waals surface area contributed by atoms with Crippen molar-refractivity contribution in [2.75, 3.05) is 13.2 Å². The molecule has 0 radical (unpaired) electrons. The molecule has 0 saturated heterocycles. The summed E-state index contributed by atoms with van der Waals surface area (Å²) in [5.74, 6) is 0.312. The van der Waals surface area contributed by atoms with Crippen LogP contribution in [0.1, 0.15) is 37.8 Å². The predicted molar refractivity (Wildman–Crippen MR) is 111 cm³/mol. The Bertz CT molecular complexity index is 761. The Balaban J connectivity index is 2.19. The van der Waals surface area contributed by atoms with Crippen LogP contribution >= 0.6 is 0 Å². The summed E-state index contributed by atoms with van der Waals surface area (Å²) >= 11 is 0. The van der Waals surface area contributed by atoms with Crippen LogP contribution in [0.25, 0.3) is 0 Å². The Hall–Kier alpha value is -2.82. The van der Waals surface area contributed by atoms with Gasteiger partial charge in [0.15, 0.2) is 6.61 Å². The van der Waals surface area contributed by atoms with Crippen molar-refractivity contribution in [3.63, 3.8) is 0 Å². The molecule has 5 heteroatoms. The van der Waals surface area contributed by atoms with E-state index in [2.05, 4.69) is 5.32 Å². The highest BCUT2D eigenvalue weighted by molar-refractivity contribution is 5.88. The molecule has 1 N–H and O–H groups in total. The topological polar surface area (TPSA) is 58.6 Å². The molecule has 0 bridgehead atoms. The lowest BCUT2D eigenvalue weighted by molar-refractivity contribution is -0.143. The highest BCUT2D eigenvalue weighted by Crippen LogP contribution is 2.16. The van der Waals surface area contributed by atoms with Gasteiger partial charge in [-0.25, -0.2) is 0 Å². The van der Waals surface area contributed by atoms with E-state index in [4.69, 9.17) is 4.74 Å². The summed E-state index contributed by atoms with van der Waals surface area (Å²) in [6.07, 6.45) is 1.39. The van der Waals surface area contributed by atoms with Gasteiger partial charge in [-0.1, -0.05) is 56.3 Å². The number of amides is 2. The van der Waals surface area contributed by atoms with E-state index in [0.29, 0.717) is 25.3 Å². The van der Waals surface area contributed by atoms with Gasteiger partial charge in [-0.2, -0.15) is 0 Å². The van der Waals surface area contributed by atoms with Crippen molar-refractivity contribution >= 4 is 11.8 Å². The maximum atomic E-state index is 13.0. The number of nitrogens with one attached hydrogen (secondary N) is 1. The first-order valence-corrected chi connectivity index (χ1v) is 9.86. The third-order valence-electron chi connectivity index (χ3n) is 4.64. The lowest BCUT2D eigenvalue weighted by Gasteiger charge is -2.31. The zero-order valence-electron chi connectivity index (χ0n) is 17.0. The number of aryl methyl sites for hydroxylation is 1. The predicted octanol–water partition coefficient (Wildman–Crippen LogP) is 3.71. The number of ether oxygens (including phenoxy) is 1. The fourth-order valence-electron chi connectivity index (χ4n) is 3.00. The third kappa shape index (κ3) is 6.12. The normalized spacial score (nSPS) is 11.5. The quantitative estimate of drug-likeness (QED) is 0.681. The van der Waals surface area contributed by atoms with Gasteiger partial charge in [0, 0.05) is 13.1 Å². The second-order valence-corrected chi connectivity index (χ2v) is 6.76. The molecule has 0 spiro atoms. The van der Waals surface area contributed by atoms with Crippen LogP contribution in [-0.4, -0.2) is 35.9 Å². The standard InChI is InChI=1S/C23H30N2O3/c1-4-15-24-23(27)21(5-2)25(16-19-12-10-9-11-18(19)3)22(26)17-28-20-13-7-6-8-14-20/h6-14,21H,4-5,15-17H2,1-3H3,(H,24,27)/t21-/m1/s1. The molecule has 2 aromatic rings. The van der Waals surface area contributed by atoms with Crippen LogP contribution in [0.4, 0.5) is 0 Å². The van der Waals surface area contributed by atoms with Gasteiger partial charge in [0.05, 0.1) is 0 Å². The van der Waals surface area contributed by atoms with Gasteiger partial charge in [-0.15, -0.1) is 0 Å². The molecule has 2 aromatic carbocycles. The number of carbonyl (C=O) groups excluding carboxylic acids is 2. The van der Waals surface area contributed by atoms with Gasteiger partial charge in [0.1, 0.15) is 11.8 Å². The molecule has 5 nitrogen and oxygen atoms in total. The molecule has 0 heterocycles. The molecule has 0 aliphatic rings. The minimum atomic E-state index is -0.530. The van der Waals surface area contributed by atoms with Crippen molar-refractivity contribution in [3.8, 4) is 5.75 Å². The van der Waals surface area contributed by atoms with Crippen LogP contribution in [0.15, 0.2) is 54.6 Å². The van der Waals surface area contributed by atoms with E-state index >= 15 is 0 Å². The summed E-state index contributed by atoms with van der Waals surface area (Å²) in [6.45, 7) is 6.81. The zero-order chi connectivity index (χ0) is 20.4. The van der Waals surface area contributed by atoms with E-state index in [1.807, 2.05) is 75.4 Å². The van der Waals surface area contributed by atoms with Crippen molar-refractivity contribution < 1.29 is 14.3 Å². The van der Waals surface area contributed by atoms with E-state index in [1.54, 1.807) is 4.90 Å². The maximum absolute atomic E-state index is 13.0. The molecule has 0 saturated carbocycles. The van der Waals surface area contributed by atoms with Crippen molar-refractivity contribution in [1.29, 1.82) is 0 Å². The number of hydrogen-bond acceptors (Lipinski definition) is 3. The van der Waals surface area contributed by atoms with E-state index in [9.17, 15) is 9.59 Å². The molecule has 0 aliphatic heterocycles. The maximum Gasteiger partial charge on any atom is 0.261 e. The molecule has 2 rings (SSSR count). The average molecular weight is 383 g/mol. The van der Waals surface area contributed by atoms with Crippen LogP contribution in [0.5, 0.6) is 5.75 Å². The van der Waals surface area contributed by atoms with Gasteiger partial charge in [0.25, 0.3) is 5.91 Å². The van der Waals surface area contributed by atoms with Crippen LogP contribution < -0.4 is 10.1 Å². The number of benzene rings is 2. The van der Waals surface area contributed by atoms with Gasteiger partial charge in [-0.05, 0) is 43.0 Å². The molecule has 150 valence electrons. The summed E-state index contributed by atoms with van der Waals surface area (Å²) in [4.78, 5) is 27.3. The van der Waals surface area contributed by atoms with Crippen molar-refractivity contribution in [2.24, 2.45) is 0 Å². The van der Waals surface area contributed by atoms with Crippen LogP contribution in [0.3, 0.4) is 0 Å². The zero-order valence-corrected chi connectivity index (χ0v) is 17.0. The molecular weight excluding hydrogens is 352 g/mol. The highest BCUT2D eigenvalue weighted by Gasteiger charge is 2.29. The molecule has 2 amide bonds. The molecule has 0 fully saturated rings. The minimum Gasteiger partial charge on any atom is -0.484 e. The molecule has 0 aliphatic carbocycles. The largest absolute Gasteiger partial charge is 0.484 e. The Kier molecular flexibility index (Phi) is 8.53. The first kappa shape index (κ1) is 21.5. The summed E-state index contributed by atoms with van der Waals surface area (Å²) in [7, 11) is 0. The van der Waals surface area contributed by atoms with Crippen LogP contribution in [0.2, 0.25) is 0 Å². The Morgan fingerprint density at radius 2 is 1.71 bits per heavy atom. The summed E-state index contributed by atoms with van der Waals surface area (Å²) in [5.41, 5.74) is 2.12. The number of para-hydroxylation sites is 1. The number of hydrogen-bond donors (Lipinski definition) is 1. The lowest BCUT2D eigenvalue weighted by Crippen LogP contribution is -2.50. The van der Waals surface area contributed by atoms with Crippen LogP contribution in [0, 0.1) is 6.92 Å². The number of carbonyl (C=O) groups is 2. The molecular formula is C23H30N2O3. The molecule has 28 heavy (non-hydrogen) atoms. The summed E-state index contributed by atoms with van der Waals surface area (Å²) < 4.78 is 5.65. The van der Waals surface area contributed by atoms with E-state index < -0.39 is 6.04 Å². The first-order chi connectivity index (χ1) is 13.6. The summed E-state index contributed by atoms with van der Waals surface area (Å²) in [5, 5.41) is 2.92. The Labute approximate surface area is 167 Å². The van der Waals surface area contributed by atoms with E-state index in [0.717, 1.165) is 17.5 Å². The molecule has 0 unspecified atom stereocenters. The minimum absolute atomic E-state index is 0.104. The lowest BCUT2D eigenvalue weighted by atomic mass is 10.1. The first-order valence-electron chi connectivity index (χ1n) is 9.86. The van der Waals surface area contributed by atoms with Crippen molar-refractivity contribution in [2.45, 2.75) is 46.2 Å². The summed E-state index contributed by atoms with van der Waals surface area (Å²) in [6, 6.07) is 16.6. The van der Waals surface area contributed by atoms with E-state index in [1.165, 1.54) is 0 Å². The van der Waals surface area contributed by atoms with Crippen LogP contribution in [-0.2, 0) is 16.1 Å². The second-order valence-electron chi connectivity index (χ2n) is 6.76. The molecule has 0 aromatic heterocycles. The fraction of sp³-hybridized carbons (Fsp3) is 0.391. The number of nitrogens with zero attached hydrogens (tertiary/aromatic N) is 1. The smallest absolute Gasteiger partial charge is 0.261 e. The molecule has 1 atom stereocenters. The monoisotopic (exact) mass is 382 g/mol. The van der Waals surface area contributed by atoms with Crippen molar-refractivity contribution in [1.82, 2.24) is 10.2 Å². The van der Waals surface area contributed by atoms with Gasteiger partial charge in [-0.3, -0.25) is 9.59 Å². The van der Waals surface area contributed by atoms with Gasteiger partial charge in [0.2, 0.25) is 5.91 Å². The van der Waals surface area contributed by atoms with Gasteiger partial charge < -0.3 is 15.0 Å². The van der Waals surface area contributed by atoms with Crippen molar-refractivity contribution in [3.05, 3.63) is 65.7 Å². The fourth-order valence-corrected chi connectivity index (χ4v) is 3.00. The van der Waals surface area contributed by atoms with Gasteiger partial charge >= 0.3 is 0 Å². The Morgan fingerprint density at radius 1 is 1.04 bits per heavy atom. The SMILES string of the molecule is CCCNC(=O)[C@@H](CC)N(Cc1ccccc1C)C(=O)COc1ccccc1. The number of rotatable bonds is 10. The average Bonchev–Trinajstić information content (AvgIpc) is 2.72. The highest BCUT2D eigenvalue weighted by atomic mass is 16.5. The second kappa shape index (κ2) is 11.1. The third-order valence-corrected chi connectivity index (χ3v) is 4.64. The van der Waals surface area contributed by atoms with E-state index in [-0.39, 0.29) is 18.4 Å².